The van der Waals surface area contributed by atoms with Crippen molar-refractivity contribution in [3.8, 4) is 11.5 Å². The Hall–Kier alpha value is -3.13. The Morgan fingerprint density at radius 2 is 2.16 bits per heavy atom. The molecule has 0 spiro atoms. The largest absolute Gasteiger partial charge is 0.497 e. The van der Waals surface area contributed by atoms with Gasteiger partial charge in [-0.1, -0.05) is 0 Å². The number of benzene rings is 2. The normalized spacial score (nSPS) is 13.1. The number of amides is 2. The van der Waals surface area contributed by atoms with Gasteiger partial charge in [0.15, 0.2) is 6.61 Å². The smallest absolute Gasteiger partial charge is 0.274 e. The van der Waals surface area contributed by atoms with Crippen molar-refractivity contribution in [2.24, 2.45) is 0 Å². The first-order chi connectivity index (χ1) is 12.0. The molecule has 2 N–H and O–H groups in total. The molecule has 0 aromatic heterocycles. The summed E-state index contributed by atoms with van der Waals surface area (Å²) in [5, 5.41) is 8.76. The minimum Gasteiger partial charge on any atom is -0.497 e. The van der Waals surface area contributed by atoms with E-state index in [1.54, 1.807) is 0 Å². The summed E-state index contributed by atoms with van der Waals surface area (Å²) in [6.45, 7) is -0.243. The standard InChI is InChI=1S/C17H15FN2O5/c1-24-12-3-4-13(18)11(6-12)8-20-14-7-10(17(22)19-23)2-5-15(14)25-9-16(20)21/h2-7,23H,8-9H2,1H3,(H,19,22). The number of nitrogens with one attached hydrogen (secondary N) is 1. The molecular weight excluding hydrogens is 331 g/mol. The molecule has 130 valence electrons. The Morgan fingerprint density at radius 1 is 1.36 bits per heavy atom. The fourth-order valence-corrected chi connectivity index (χ4v) is 2.55. The first kappa shape index (κ1) is 16.7. The molecule has 0 fully saturated rings. The maximum Gasteiger partial charge on any atom is 0.274 e. The van der Waals surface area contributed by atoms with Gasteiger partial charge in [0, 0.05) is 11.1 Å². The molecule has 2 aromatic rings. The van der Waals surface area contributed by atoms with Crippen LogP contribution >= 0.6 is 0 Å². The zero-order valence-corrected chi connectivity index (χ0v) is 13.3. The molecule has 3 rings (SSSR count). The van der Waals surface area contributed by atoms with Crippen LogP contribution in [-0.4, -0.2) is 30.7 Å². The second-order valence-electron chi connectivity index (χ2n) is 5.35. The molecule has 1 heterocycles. The van der Waals surface area contributed by atoms with E-state index in [0.717, 1.165) is 0 Å². The molecule has 25 heavy (non-hydrogen) atoms. The van der Waals surface area contributed by atoms with Gasteiger partial charge in [0.05, 0.1) is 19.3 Å². The first-order valence-electron chi connectivity index (χ1n) is 7.37. The summed E-state index contributed by atoms with van der Waals surface area (Å²) >= 11 is 0. The number of methoxy groups -OCH3 is 1. The molecule has 2 aromatic carbocycles. The predicted molar refractivity (Wildman–Crippen MR) is 85.3 cm³/mol. The van der Waals surface area contributed by atoms with Gasteiger partial charge in [0.25, 0.3) is 11.8 Å². The van der Waals surface area contributed by atoms with Gasteiger partial charge in [-0.05, 0) is 36.4 Å². The van der Waals surface area contributed by atoms with E-state index in [1.165, 1.54) is 53.9 Å². The van der Waals surface area contributed by atoms with Crippen molar-refractivity contribution in [2.75, 3.05) is 18.6 Å². The lowest BCUT2D eigenvalue weighted by Crippen LogP contribution is -2.38. The summed E-state index contributed by atoms with van der Waals surface area (Å²) in [7, 11) is 1.46. The summed E-state index contributed by atoms with van der Waals surface area (Å²) in [5.41, 5.74) is 2.24. The molecule has 0 saturated heterocycles. The van der Waals surface area contributed by atoms with Crippen molar-refractivity contribution in [3.63, 3.8) is 0 Å². The number of carbonyl (C=O) groups excluding carboxylic acids is 2. The van der Waals surface area contributed by atoms with Crippen LogP contribution in [0, 0.1) is 5.82 Å². The summed E-state index contributed by atoms with van der Waals surface area (Å²) in [6.07, 6.45) is 0. The quantitative estimate of drug-likeness (QED) is 0.652. The van der Waals surface area contributed by atoms with Crippen LogP contribution in [0.2, 0.25) is 0 Å². The van der Waals surface area contributed by atoms with Crippen molar-refractivity contribution in [3.05, 3.63) is 53.3 Å². The number of ether oxygens (including phenoxy) is 2. The van der Waals surface area contributed by atoms with Crippen LogP contribution in [0.4, 0.5) is 10.1 Å². The summed E-state index contributed by atoms with van der Waals surface area (Å²) in [6, 6.07) is 8.61. The number of hydrogen-bond donors (Lipinski definition) is 2. The molecule has 8 heteroatoms. The number of fused-ring (bicyclic) bond motifs is 1. The zero-order valence-electron chi connectivity index (χ0n) is 13.3. The summed E-state index contributed by atoms with van der Waals surface area (Å²) in [5.74, 6) is -0.737. The highest BCUT2D eigenvalue weighted by molar-refractivity contribution is 6.01. The number of hydrogen-bond acceptors (Lipinski definition) is 5. The Balaban J connectivity index is 2.00. The monoisotopic (exact) mass is 346 g/mol. The molecule has 0 radical (unpaired) electrons. The van der Waals surface area contributed by atoms with Gasteiger partial charge in [-0.15, -0.1) is 0 Å². The van der Waals surface area contributed by atoms with E-state index in [4.69, 9.17) is 14.7 Å². The minimum absolute atomic E-state index is 0.0532. The number of hydroxylamine groups is 1. The maximum atomic E-state index is 14.1. The highest BCUT2D eigenvalue weighted by Gasteiger charge is 2.27. The van der Waals surface area contributed by atoms with Crippen LogP contribution in [0.5, 0.6) is 11.5 Å². The number of carbonyl (C=O) groups is 2. The van der Waals surface area contributed by atoms with E-state index in [0.29, 0.717) is 17.2 Å². The molecule has 0 atom stereocenters. The van der Waals surface area contributed by atoms with E-state index in [-0.39, 0.29) is 30.2 Å². The third-order valence-corrected chi connectivity index (χ3v) is 3.85. The number of anilines is 1. The predicted octanol–water partition coefficient (Wildman–Crippen LogP) is 1.88. The Labute approximate surface area is 142 Å². The van der Waals surface area contributed by atoms with Gasteiger partial charge in [0.2, 0.25) is 0 Å². The molecule has 0 saturated carbocycles. The van der Waals surface area contributed by atoms with Gasteiger partial charge in [0.1, 0.15) is 17.3 Å². The molecule has 0 unspecified atom stereocenters. The minimum atomic E-state index is -0.728. The van der Waals surface area contributed by atoms with Crippen LogP contribution < -0.4 is 19.9 Å². The molecule has 1 aliphatic rings. The van der Waals surface area contributed by atoms with Crippen molar-refractivity contribution in [2.45, 2.75) is 6.54 Å². The lowest BCUT2D eigenvalue weighted by Gasteiger charge is -2.30. The van der Waals surface area contributed by atoms with E-state index >= 15 is 0 Å². The van der Waals surface area contributed by atoms with Crippen molar-refractivity contribution in [1.29, 1.82) is 0 Å². The number of halogens is 1. The lowest BCUT2D eigenvalue weighted by molar-refractivity contribution is -0.121. The van der Waals surface area contributed by atoms with Crippen molar-refractivity contribution < 1.29 is 28.7 Å². The average molecular weight is 346 g/mol. The van der Waals surface area contributed by atoms with Crippen LogP contribution in [0.15, 0.2) is 36.4 Å². The zero-order chi connectivity index (χ0) is 18.0. The Bertz CT molecular complexity index is 840. The highest BCUT2D eigenvalue weighted by Crippen LogP contribution is 2.34. The number of nitrogens with zero attached hydrogens (tertiary/aromatic N) is 1. The molecule has 1 aliphatic heterocycles. The van der Waals surface area contributed by atoms with Crippen molar-refractivity contribution in [1.82, 2.24) is 5.48 Å². The molecule has 0 aliphatic carbocycles. The second kappa shape index (κ2) is 6.78. The van der Waals surface area contributed by atoms with Gasteiger partial charge in [-0.2, -0.15) is 0 Å². The first-order valence-corrected chi connectivity index (χ1v) is 7.37. The summed E-state index contributed by atoms with van der Waals surface area (Å²) < 4.78 is 24.5. The van der Waals surface area contributed by atoms with Crippen LogP contribution in [0.25, 0.3) is 0 Å². The van der Waals surface area contributed by atoms with Crippen LogP contribution in [0.1, 0.15) is 15.9 Å². The lowest BCUT2D eigenvalue weighted by atomic mass is 10.1. The van der Waals surface area contributed by atoms with Gasteiger partial charge in [-0.3, -0.25) is 14.8 Å². The highest BCUT2D eigenvalue weighted by atomic mass is 19.1. The van der Waals surface area contributed by atoms with Gasteiger partial charge < -0.3 is 14.4 Å². The SMILES string of the molecule is COc1ccc(F)c(CN2C(=O)COc3ccc(C(=O)NO)cc32)c1. The molecule has 2 amide bonds. The van der Waals surface area contributed by atoms with Gasteiger partial charge in [-0.25, -0.2) is 9.87 Å². The molecular formula is C17H15FN2O5. The Kier molecular flexibility index (Phi) is 4.53. The molecule has 0 bridgehead atoms. The topological polar surface area (TPSA) is 88.1 Å². The Morgan fingerprint density at radius 3 is 2.88 bits per heavy atom. The second-order valence-corrected chi connectivity index (χ2v) is 5.35. The van der Waals surface area contributed by atoms with E-state index in [1.807, 2.05) is 0 Å². The van der Waals surface area contributed by atoms with Gasteiger partial charge >= 0.3 is 0 Å². The number of rotatable bonds is 4. The van der Waals surface area contributed by atoms with Crippen LogP contribution in [0.3, 0.4) is 0 Å². The average Bonchev–Trinajstić information content (AvgIpc) is 2.64. The van der Waals surface area contributed by atoms with E-state index in [2.05, 4.69) is 0 Å². The van der Waals surface area contributed by atoms with Crippen LogP contribution in [-0.2, 0) is 11.3 Å². The molecule has 7 nitrogen and oxygen atoms in total. The maximum absolute atomic E-state index is 14.1. The third kappa shape index (κ3) is 3.24. The van der Waals surface area contributed by atoms with Crippen molar-refractivity contribution >= 4 is 17.5 Å². The summed E-state index contributed by atoms with van der Waals surface area (Å²) in [4.78, 5) is 25.2. The third-order valence-electron chi connectivity index (χ3n) is 3.85. The van der Waals surface area contributed by atoms with E-state index < -0.39 is 11.7 Å². The fourth-order valence-electron chi connectivity index (χ4n) is 2.55. The fraction of sp³-hybridized carbons (Fsp3) is 0.176. The van der Waals surface area contributed by atoms with E-state index in [9.17, 15) is 14.0 Å².